The van der Waals surface area contributed by atoms with Gasteiger partial charge in [-0.15, -0.1) is 0 Å². The van der Waals surface area contributed by atoms with Crippen LogP contribution in [0.4, 0.5) is 0 Å². The van der Waals surface area contributed by atoms with Gasteiger partial charge in [0, 0.05) is 49.4 Å². The lowest BCUT2D eigenvalue weighted by molar-refractivity contribution is 1.17. The fourth-order valence-electron chi connectivity index (χ4n) is 11.8. The van der Waals surface area contributed by atoms with Crippen molar-refractivity contribution in [2.45, 2.75) is 0 Å². The van der Waals surface area contributed by atoms with E-state index >= 15 is 0 Å². The smallest absolute Gasteiger partial charge is 0.0547 e. The van der Waals surface area contributed by atoms with E-state index in [0.29, 0.717) is 0 Å². The third-order valence-corrected chi connectivity index (χ3v) is 15.0. The quantitative estimate of drug-likeness (QED) is 0.158. The van der Waals surface area contributed by atoms with Crippen LogP contribution < -0.4 is 0 Å². The molecule has 3 nitrogen and oxygen atoms in total. The van der Waals surface area contributed by atoms with Gasteiger partial charge in [0.1, 0.15) is 0 Å². The Kier molecular flexibility index (Phi) is 8.66. The Morgan fingerprint density at radius 3 is 1.11 bits per heavy atom. The number of hydrogen-bond acceptors (Lipinski definition) is 0. The van der Waals surface area contributed by atoms with Crippen LogP contribution in [-0.2, 0) is 0 Å². The molecule has 0 bridgehead atoms. The Morgan fingerprint density at radius 2 is 0.563 bits per heavy atom. The van der Waals surface area contributed by atoms with Gasteiger partial charge in [-0.3, -0.25) is 0 Å². The summed E-state index contributed by atoms with van der Waals surface area (Å²) in [7, 11) is 0. The van der Waals surface area contributed by atoms with Crippen molar-refractivity contribution in [2.75, 3.05) is 0 Å². The van der Waals surface area contributed by atoms with Crippen molar-refractivity contribution in [3.8, 4) is 50.4 Å². The molecule has 0 aliphatic rings. The summed E-state index contributed by atoms with van der Waals surface area (Å²) >= 11 is 0. The van der Waals surface area contributed by atoms with Crippen LogP contribution in [0, 0.1) is 0 Å². The largest absolute Gasteiger partial charge is 0.309 e. The van der Waals surface area contributed by atoms with E-state index in [1.54, 1.807) is 0 Å². The summed E-state index contributed by atoms with van der Waals surface area (Å²) in [5.41, 5.74) is 17.8. The highest BCUT2D eigenvalue weighted by atomic mass is 15.0. The van der Waals surface area contributed by atoms with Crippen molar-refractivity contribution in [3.63, 3.8) is 0 Å². The SMILES string of the molecule is c1ccc(-n2c3ccccc3c3cc(-n4c5ccc(-c6cccc7ccccc67)cc5c5ccc(-c6ccc7c8cc(-c9cccc%10ccccc9%10)ccc8n(-c8ccccc8)c7c6)cc54)ccc32)cc1. The molecule has 0 amide bonds. The fraction of sp³-hybridized carbons (Fsp3) is 0. The lowest BCUT2D eigenvalue weighted by atomic mass is 9.96. The number of aromatic nitrogens is 3. The van der Waals surface area contributed by atoms with Crippen molar-refractivity contribution in [3.05, 3.63) is 261 Å². The maximum Gasteiger partial charge on any atom is 0.0547 e. The summed E-state index contributed by atoms with van der Waals surface area (Å²) in [5, 5.41) is 12.4. The number of para-hydroxylation sites is 3. The van der Waals surface area contributed by atoms with Crippen molar-refractivity contribution in [1.82, 2.24) is 13.7 Å². The van der Waals surface area contributed by atoms with Crippen molar-refractivity contribution >= 4 is 87.0 Å². The van der Waals surface area contributed by atoms with Crippen LogP contribution in [0.1, 0.15) is 0 Å². The molecule has 15 rings (SSSR count). The molecule has 3 aromatic heterocycles. The molecule has 3 heteroatoms. The lowest BCUT2D eigenvalue weighted by Gasteiger charge is -2.12. The normalized spacial score (nSPS) is 11.9. The minimum atomic E-state index is 1.13. The maximum absolute atomic E-state index is 2.49. The van der Waals surface area contributed by atoms with Gasteiger partial charge in [0.05, 0.1) is 33.1 Å². The van der Waals surface area contributed by atoms with Crippen molar-refractivity contribution in [1.29, 1.82) is 0 Å². The van der Waals surface area contributed by atoms with E-state index in [-0.39, 0.29) is 0 Å². The molecular formula is C68H43N3. The van der Waals surface area contributed by atoms with Gasteiger partial charge < -0.3 is 13.7 Å². The Labute approximate surface area is 409 Å². The van der Waals surface area contributed by atoms with E-state index in [1.807, 2.05) is 0 Å². The van der Waals surface area contributed by atoms with Gasteiger partial charge >= 0.3 is 0 Å². The number of fused-ring (bicyclic) bond motifs is 11. The van der Waals surface area contributed by atoms with Crippen LogP contribution in [0.15, 0.2) is 261 Å². The minimum Gasteiger partial charge on any atom is -0.309 e. The Hall–Kier alpha value is -9.44. The van der Waals surface area contributed by atoms with E-state index in [4.69, 9.17) is 0 Å². The highest BCUT2D eigenvalue weighted by Crippen LogP contribution is 2.43. The average Bonchev–Trinajstić information content (AvgIpc) is 4.07. The lowest BCUT2D eigenvalue weighted by Crippen LogP contribution is -1.96. The van der Waals surface area contributed by atoms with Crippen LogP contribution in [0.2, 0.25) is 0 Å². The van der Waals surface area contributed by atoms with Crippen LogP contribution >= 0.6 is 0 Å². The van der Waals surface area contributed by atoms with Gasteiger partial charge in [-0.1, -0.05) is 176 Å². The average molecular weight is 902 g/mol. The maximum atomic E-state index is 2.49. The molecule has 71 heavy (non-hydrogen) atoms. The predicted molar refractivity (Wildman–Crippen MR) is 301 cm³/mol. The van der Waals surface area contributed by atoms with Gasteiger partial charge in [-0.25, -0.2) is 0 Å². The first-order valence-electron chi connectivity index (χ1n) is 24.5. The van der Waals surface area contributed by atoms with Crippen LogP contribution in [-0.4, -0.2) is 13.7 Å². The summed E-state index contributed by atoms with van der Waals surface area (Å²) in [6, 6.07) is 96.2. The van der Waals surface area contributed by atoms with Gasteiger partial charge in [-0.05, 0) is 140 Å². The molecule has 0 N–H and O–H groups in total. The monoisotopic (exact) mass is 901 g/mol. The molecule has 0 fully saturated rings. The van der Waals surface area contributed by atoms with Gasteiger partial charge in [-0.2, -0.15) is 0 Å². The fourth-order valence-corrected chi connectivity index (χ4v) is 11.8. The molecule has 0 spiro atoms. The van der Waals surface area contributed by atoms with E-state index in [0.717, 1.165) is 17.1 Å². The third kappa shape index (κ3) is 6.10. The summed E-state index contributed by atoms with van der Waals surface area (Å²) in [4.78, 5) is 0. The Balaban J connectivity index is 0.955. The number of nitrogens with zero attached hydrogens (tertiary/aromatic N) is 3. The highest BCUT2D eigenvalue weighted by Gasteiger charge is 2.20. The predicted octanol–water partition coefficient (Wildman–Crippen LogP) is 18.3. The van der Waals surface area contributed by atoms with Gasteiger partial charge in [0.2, 0.25) is 0 Å². The van der Waals surface area contributed by atoms with Gasteiger partial charge in [0.25, 0.3) is 0 Å². The van der Waals surface area contributed by atoms with Crippen LogP contribution in [0.3, 0.4) is 0 Å². The first-order valence-corrected chi connectivity index (χ1v) is 24.5. The van der Waals surface area contributed by atoms with E-state index in [2.05, 4.69) is 275 Å². The first kappa shape index (κ1) is 39.5. The second-order valence-corrected chi connectivity index (χ2v) is 18.9. The Bertz CT molecular complexity index is 4620. The molecule has 0 saturated carbocycles. The number of rotatable bonds is 6. The number of hydrogen-bond donors (Lipinski definition) is 0. The molecule has 12 aromatic carbocycles. The summed E-state index contributed by atoms with van der Waals surface area (Å²) < 4.78 is 7.32. The molecule has 0 saturated heterocycles. The topological polar surface area (TPSA) is 14.8 Å². The summed E-state index contributed by atoms with van der Waals surface area (Å²) in [6.45, 7) is 0. The highest BCUT2D eigenvalue weighted by molar-refractivity contribution is 6.15. The van der Waals surface area contributed by atoms with E-state index in [9.17, 15) is 0 Å². The van der Waals surface area contributed by atoms with Crippen LogP contribution in [0.25, 0.3) is 137 Å². The molecule has 0 radical (unpaired) electrons. The van der Waals surface area contributed by atoms with Crippen LogP contribution in [0.5, 0.6) is 0 Å². The first-order chi connectivity index (χ1) is 35.2. The molecule has 3 heterocycles. The Morgan fingerprint density at radius 1 is 0.183 bits per heavy atom. The van der Waals surface area contributed by atoms with E-state index < -0.39 is 0 Å². The zero-order chi connectivity index (χ0) is 46.6. The van der Waals surface area contributed by atoms with Gasteiger partial charge in [0.15, 0.2) is 0 Å². The molecule has 0 unspecified atom stereocenters. The second kappa shape index (κ2) is 15.5. The van der Waals surface area contributed by atoms with Crippen molar-refractivity contribution in [2.24, 2.45) is 0 Å². The molecule has 0 aliphatic heterocycles. The standard InChI is InChI=1S/C68H43N3/c1-3-19-50(20-4-1)69-63-28-12-11-25-57(63)62-43-52(33-38-66(62)69)71-65-37-32-49(56-27-14-18-45-16-8-10-24-54(45)56)40-61(65)59-35-30-47(42-68(59)71)46-29-34-58-60-39-48(55-26-13-17-44-15-7-9-23-53(44)55)31-36-64(60)70(67(58)41-46)51-21-5-2-6-22-51/h1-43H. The second-order valence-electron chi connectivity index (χ2n) is 18.9. The molecule has 330 valence electrons. The number of benzene rings is 12. The molecular weight excluding hydrogens is 859 g/mol. The molecule has 0 atom stereocenters. The zero-order valence-electron chi connectivity index (χ0n) is 38.7. The third-order valence-electron chi connectivity index (χ3n) is 15.0. The molecule has 15 aromatic rings. The molecule has 0 aliphatic carbocycles. The van der Waals surface area contributed by atoms with Crippen molar-refractivity contribution < 1.29 is 0 Å². The zero-order valence-corrected chi connectivity index (χ0v) is 38.7. The minimum absolute atomic E-state index is 1.13. The summed E-state index contributed by atoms with van der Waals surface area (Å²) in [6.07, 6.45) is 0. The van der Waals surface area contributed by atoms with E-state index in [1.165, 1.54) is 120 Å². The summed E-state index contributed by atoms with van der Waals surface area (Å²) in [5.74, 6) is 0.